The summed E-state index contributed by atoms with van der Waals surface area (Å²) in [5, 5.41) is 14.0. The number of hydrogen-bond acceptors (Lipinski definition) is 5. The molecule has 0 bridgehead atoms. The summed E-state index contributed by atoms with van der Waals surface area (Å²) in [6, 6.07) is -2.04. The van der Waals surface area contributed by atoms with Gasteiger partial charge in [0.05, 0.1) is 6.61 Å². The van der Waals surface area contributed by atoms with Crippen molar-refractivity contribution in [3.8, 4) is 0 Å². The second-order valence-electron chi connectivity index (χ2n) is 5.21. The minimum atomic E-state index is -1.24. The van der Waals surface area contributed by atoms with Crippen LogP contribution in [0.4, 0.5) is 0 Å². The highest BCUT2D eigenvalue weighted by Crippen LogP contribution is 2.04. The molecule has 8 nitrogen and oxygen atoms in total. The van der Waals surface area contributed by atoms with Crippen molar-refractivity contribution in [2.45, 2.75) is 46.2 Å². The maximum atomic E-state index is 12.1. The molecule has 23 heavy (non-hydrogen) atoms. The molecule has 0 aliphatic rings. The van der Waals surface area contributed by atoms with Crippen LogP contribution in [0.15, 0.2) is 12.2 Å². The lowest BCUT2D eigenvalue weighted by molar-refractivity contribution is -0.142. The smallest absolute Gasteiger partial charge is 0.330 e. The molecule has 3 N–H and O–H groups in total. The summed E-state index contributed by atoms with van der Waals surface area (Å²) < 4.78 is 4.67. The van der Waals surface area contributed by atoms with Crippen LogP contribution in [0.3, 0.4) is 0 Å². The van der Waals surface area contributed by atoms with Crippen LogP contribution < -0.4 is 10.6 Å². The summed E-state index contributed by atoms with van der Waals surface area (Å²) in [6.07, 6.45) is 2.35. The van der Waals surface area contributed by atoms with Crippen LogP contribution in [0, 0.1) is 5.92 Å². The van der Waals surface area contributed by atoms with E-state index in [0.29, 0.717) is 0 Å². The Balaban J connectivity index is 4.79. The summed E-state index contributed by atoms with van der Waals surface area (Å²) >= 11 is 0. The maximum Gasteiger partial charge on any atom is 0.330 e. The van der Waals surface area contributed by atoms with Crippen LogP contribution in [0.25, 0.3) is 0 Å². The molecule has 0 aliphatic heterocycles. The second kappa shape index (κ2) is 10.4. The Morgan fingerprint density at radius 1 is 1.17 bits per heavy atom. The van der Waals surface area contributed by atoms with Crippen LogP contribution in [-0.4, -0.2) is 47.6 Å². The molecule has 2 amide bonds. The van der Waals surface area contributed by atoms with E-state index >= 15 is 0 Å². The highest BCUT2D eigenvalue weighted by Gasteiger charge is 2.27. The van der Waals surface area contributed by atoms with Gasteiger partial charge in [-0.1, -0.05) is 19.9 Å². The average Bonchev–Trinajstić information content (AvgIpc) is 2.43. The zero-order valence-corrected chi connectivity index (χ0v) is 13.8. The number of ether oxygens (including phenoxy) is 1. The Kier molecular flexibility index (Phi) is 9.29. The van der Waals surface area contributed by atoms with Gasteiger partial charge in [-0.15, -0.1) is 0 Å². The van der Waals surface area contributed by atoms with Gasteiger partial charge in [-0.2, -0.15) is 0 Å². The average molecular weight is 328 g/mol. The first kappa shape index (κ1) is 20.6. The number of aliphatic carboxylic acids is 1. The molecule has 0 saturated heterocycles. The fourth-order valence-corrected chi connectivity index (χ4v) is 1.73. The molecule has 0 aliphatic carbocycles. The van der Waals surface area contributed by atoms with E-state index in [0.717, 1.165) is 6.08 Å². The lowest BCUT2D eigenvalue weighted by atomic mass is 10.0. The SMILES string of the molecule is CCOC(=O)/C=C/C[C@H](NC(=O)[C@H](NC(C)=O)C(C)C)C(=O)O. The van der Waals surface area contributed by atoms with Crippen LogP contribution in [0.1, 0.15) is 34.1 Å². The van der Waals surface area contributed by atoms with Crippen molar-refractivity contribution in [1.29, 1.82) is 0 Å². The molecule has 0 heterocycles. The monoisotopic (exact) mass is 328 g/mol. The summed E-state index contributed by atoms with van der Waals surface area (Å²) in [4.78, 5) is 45.6. The third kappa shape index (κ3) is 8.60. The molecule has 130 valence electrons. The number of hydrogen-bond donors (Lipinski definition) is 3. The molecule has 8 heteroatoms. The van der Waals surface area contributed by atoms with Crippen molar-refractivity contribution in [1.82, 2.24) is 10.6 Å². The minimum absolute atomic E-state index is 0.0786. The first-order valence-electron chi connectivity index (χ1n) is 7.32. The summed E-state index contributed by atoms with van der Waals surface area (Å²) in [5.41, 5.74) is 0. The van der Waals surface area contributed by atoms with E-state index in [4.69, 9.17) is 5.11 Å². The Hall–Kier alpha value is -2.38. The molecule has 0 aromatic rings. The van der Waals surface area contributed by atoms with Crippen molar-refractivity contribution >= 4 is 23.8 Å². The van der Waals surface area contributed by atoms with Crippen molar-refractivity contribution in [2.75, 3.05) is 6.61 Å². The summed E-state index contributed by atoms with van der Waals surface area (Å²) in [5.74, 6) is -3.00. The third-order valence-corrected chi connectivity index (χ3v) is 2.83. The van der Waals surface area contributed by atoms with E-state index in [1.165, 1.54) is 13.0 Å². The van der Waals surface area contributed by atoms with E-state index in [1.807, 2.05) is 0 Å². The first-order valence-corrected chi connectivity index (χ1v) is 7.32. The largest absolute Gasteiger partial charge is 0.480 e. The number of carboxylic acids is 1. The van der Waals surface area contributed by atoms with E-state index in [2.05, 4.69) is 15.4 Å². The number of rotatable bonds is 9. The quantitative estimate of drug-likeness (QED) is 0.411. The van der Waals surface area contributed by atoms with Gasteiger partial charge in [0.15, 0.2) is 0 Å². The van der Waals surface area contributed by atoms with Gasteiger partial charge >= 0.3 is 11.9 Å². The van der Waals surface area contributed by atoms with E-state index in [1.54, 1.807) is 20.8 Å². The van der Waals surface area contributed by atoms with E-state index in [-0.39, 0.29) is 24.9 Å². The highest BCUT2D eigenvalue weighted by molar-refractivity contribution is 5.90. The van der Waals surface area contributed by atoms with Gasteiger partial charge in [-0.3, -0.25) is 9.59 Å². The molecule has 0 fully saturated rings. The fourth-order valence-electron chi connectivity index (χ4n) is 1.73. The molecule has 0 radical (unpaired) electrons. The first-order chi connectivity index (χ1) is 10.7. The van der Waals surface area contributed by atoms with Crippen molar-refractivity contribution in [2.24, 2.45) is 5.92 Å². The topological polar surface area (TPSA) is 122 Å². The number of nitrogens with one attached hydrogen (secondary N) is 2. The zero-order valence-electron chi connectivity index (χ0n) is 13.8. The number of amides is 2. The fraction of sp³-hybridized carbons (Fsp3) is 0.600. The number of carbonyl (C=O) groups excluding carboxylic acids is 3. The third-order valence-electron chi connectivity index (χ3n) is 2.83. The van der Waals surface area contributed by atoms with Gasteiger partial charge in [0.1, 0.15) is 12.1 Å². The highest BCUT2D eigenvalue weighted by atomic mass is 16.5. The Morgan fingerprint density at radius 3 is 2.22 bits per heavy atom. The summed E-state index contributed by atoms with van der Waals surface area (Å²) in [7, 11) is 0. The Morgan fingerprint density at radius 2 is 1.78 bits per heavy atom. The molecule has 0 rings (SSSR count). The Bertz CT molecular complexity index is 473. The van der Waals surface area contributed by atoms with Crippen LogP contribution in [0.2, 0.25) is 0 Å². The van der Waals surface area contributed by atoms with Crippen LogP contribution in [-0.2, 0) is 23.9 Å². The molecule has 0 unspecified atom stereocenters. The predicted molar refractivity (Wildman–Crippen MR) is 82.4 cm³/mol. The molecular weight excluding hydrogens is 304 g/mol. The van der Waals surface area contributed by atoms with Crippen molar-refractivity contribution in [3.05, 3.63) is 12.2 Å². The zero-order chi connectivity index (χ0) is 18.0. The predicted octanol–water partition coefficient (Wildman–Crippen LogP) is 0.226. The lowest BCUT2D eigenvalue weighted by Crippen LogP contribution is -2.53. The van der Waals surface area contributed by atoms with Crippen LogP contribution in [0.5, 0.6) is 0 Å². The summed E-state index contributed by atoms with van der Waals surface area (Å²) in [6.45, 7) is 6.61. The molecule has 2 atom stereocenters. The van der Waals surface area contributed by atoms with Gasteiger partial charge in [0.25, 0.3) is 0 Å². The van der Waals surface area contributed by atoms with E-state index in [9.17, 15) is 19.2 Å². The second-order valence-corrected chi connectivity index (χ2v) is 5.21. The Labute approximate surface area is 135 Å². The maximum absolute atomic E-state index is 12.1. The van der Waals surface area contributed by atoms with Gasteiger partial charge in [0.2, 0.25) is 11.8 Å². The number of carboxylic acid groups (broad SMARTS) is 1. The molecule has 0 spiro atoms. The standard InChI is InChI=1S/C15H24N2O6/c1-5-23-12(19)8-6-7-11(15(21)22)17-14(20)13(9(2)3)16-10(4)18/h6,8-9,11,13H,5,7H2,1-4H3,(H,16,18)(H,17,20)(H,21,22)/b8-6+/t11-,13+/m0/s1. The molecule has 0 saturated carbocycles. The van der Waals surface area contributed by atoms with E-state index < -0.39 is 29.9 Å². The lowest BCUT2D eigenvalue weighted by Gasteiger charge is -2.23. The van der Waals surface area contributed by atoms with Gasteiger partial charge in [0, 0.05) is 13.0 Å². The van der Waals surface area contributed by atoms with Gasteiger partial charge < -0.3 is 20.5 Å². The van der Waals surface area contributed by atoms with Crippen LogP contribution >= 0.6 is 0 Å². The molecule has 0 aromatic heterocycles. The normalized spacial score (nSPS) is 13.4. The minimum Gasteiger partial charge on any atom is -0.480 e. The molecule has 0 aromatic carbocycles. The van der Waals surface area contributed by atoms with Gasteiger partial charge in [-0.25, -0.2) is 9.59 Å². The molecular formula is C15H24N2O6. The number of carbonyl (C=O) groups is 4. The van der Waals surface area contributed by atoms with Crippen molar-refractivity contribution < 1.29 is 29.0 Å². The van der Waals surface area contributed by atoms with Gasteiger partial charge in [-0.05, 0) is 19.3 Å². The van der Waals surface area contributed by atoms with Crippen molar-refractivity contribution in [3.63, 3.8) is 0 Å². The number of esters is 1.